The molecule has 0 atom stereocenters. The van der Waals surface area contributed by atoms with Gasteiger partial charge in [0.25, 0.3) is 5.91 Å². The number of esters is 1. The lowest BCUT2D eigenvalue weighted by atomic mass is 10.1. The Balaban J connectivity index is 1.96. The zero-order valence-corrected chi connectivity index (χ0v) is 14.9. The summed E-state index contributed by atoms with van der Waals surface area (Å²) < 4.78 is 5.10. The predicted octanol–water partition coefficient (Wildman–Crippen LogP) is 2.65. The number of carbonyl (C=O) groups is 3. The fourth-order valence-corrected chi connectivity index (χ4v) is 2.74. The Morgan fingerprint density at radius 1 is 1.12 bits per heavy atom. The van der Waals surface area contributed by atoms with Gasteiger partial charge in [0.1, 0.15) is 5.69 Å². The first-order chi connectivity index (χ1) is 11.8. The largest absolute Gasteiger partial charge is 0.451 e. The summed E-state index contributed by atoms with van der Waals surface area (Å²) in [6.07, 6.45) is 0. The summed E-state index contributed by atoms with van der Waals surface area (Å²) in [7, 11) is 1.65. The van der Waals surface area contributed by atoms with Crippen LogP contribution in [0.3, 0.4) is 0 Å². The van der Waals surface area contributed by atoms with E-state index in [1.807, 2.05) is 30.3 Å². The van der Waals surface area contributed by atoms with Crippen LogP contribution in [-0.2, 0) is 16.1 Å². The second-order valence-corrected chi connectivity index (χ2v) is 5.99. The van der Waals surface area contributed by atoms with Crippen molar-refractivity contribution in [1.29, 1.82) is 0 Å². The van der Waals surface area contributed by atoms with Crippen molar-refractivity contribution in [3.05, 3.63) is 58.4 Å². The van der Waals surface area contributed by atoms with E-state index in [1.165, 1.54) is 11.8 Å². The number of carbonyl (C=O) groups excluding carboxylic acids is 3. The molecular formula is C19H22N2O4. The first kappa shape index (κ1) is 18.4. The minimum atomic E-state index is -0.644. The number of Topliss-reactive ketones (excluding diaryl/α,β-unsaturated/α-hetero) is 1. The third-order valence-electron chi connectivity index (χ3n) is 4.01. The number of aryl methyl sites for hydroxylation is 1. The Labute approximate surface area is 146 Å². The van der Waals surface area contributed by atoms with E-state index in [1.54, 1.807) is 20.9 Å². The van der Waals surface area contributed by atoms with Crippen molar-refractivity contribution in [1.82, 2.24) is 9.88 Å². The van der Waals surface area contributed by atoms with Crippen molar-refractivity contribution in [2.24, 2.45) is 0 Å². The van der Waals surface area contributed by atoms with E-state index in [2.05, 4.69) is 4.98 Å². The molecule has 0 aliphatic heterocycles. The molecule has 0 fully saturated rings. The van der Waals surface area contributed by atoms with Crippen molar-refractivity contribution in [2.75, 3.05) is 13.7 Å². The van der Waals surface area contributed by atoms with Crippen molar-refractivity contribution in [3.63, 3.8) is 0 Å². The van der Waals surface area contributed by atoms with Crippen molar-refractivity contribution >= 4 is 17.7 Å². The molecule has 0 saturated heterocycles. The molecule has 1 heterocycles. The van der Waals surface area contributed by atoms with Gasteiger partial charge in [-0.05, 0) is 31.9 Å². The molecule has 0 unspecified atom stereocenters. The predicted molar refractivity (Wildman–Crippen MR) is 93.5 cm³/mol. The summed E-state index contributed by atoms with van der Waals surface area (Å²) in [4.78, 5) is 40.3. The molecule has 2 aromatic rings. The smallest absolute Gasteiger partial charge is 0.355 e. The highest BCUT2D eigenvalue weighted by molar-refractivity contribution is 6.01. The Morgan fingerprint density at radius 3 is 2.32 bits per heavy atom. The van der Waals surface area contributed by atoms with E-state index in [0.717, 1.165) is 5.56 Å². The minimum absolute atomic E-state index is 0.121. The number of rotatable bonds is 6. The lowest BCUT2D eigenvalue weighted by molar-refractivity contribution is -0.133. The van der Waals surface area contributed by atoms with Crippen LogP contribution >= 0.6 is 0 Å². The lowest BCUT2D eigenvalue weighted by Gasteiger charge is -2.17. The van der Waals surface area contributed by atoms with Gasteiger partial charge in [-0.1, -0.05) is 30.3 Å². The number of likely N-dealkylation sites (N-methyl/N-ethyl adjacent to an activating group) is 1. The zero-order valence-electron chi connectivity index (χ0n) is 14.9. The van der Waals surface area contributed by atoms with Crippen LogP contribution in [0.4, 0.5) is 0 Å². The highest BCUT2D eigenvalue weighted by Crippen LogP contribution is 2.19. The average molecular weight is 342 g/mol. The van der Waals surface area contributed by atoms with Gasteiger partial charge in [0, 0.05) is 24.8 Å². The number of ether oxygens (including phenoxy) is 1. The van der Waals surface area contributed by atoms with Gasteiger partial charge in [0.15, 0.2) is 12.4 Å². The monoisotopic (exact) mass is 342 g/mol. The molecule has 25 heavy (non-hydrogen) atoms. The van der Waals surface area contributed by atoms with E-state index in [9.17, 15) is 14.4 Å². The molecule has 132 valence electrons. The molecule has 0 saturated carbocycles. The molecule has 0 spiro atoms. The normalized spacial score (nSPS) is 10.4. The van der Waals surface area contributed by atoms with Crippen LogP contribution in [0.5, 0.6) is 0 Å². The Kier molecular flexibility index (Phi) is 5.75. The van der Waals surface area contributed by atoms with Gasteiger partial charge in [-0.2, -0.15) is 0 Å². The van der Waals surface area contributed by atoms with E-state index < -0.39 is 5.97 Å². The van der Waals surface area contributed by atoms with Gasteiger partial charge < -0.3 is 14.6 Å². The SMILES string of the molecule is CC(=O)c1c(C)[nH]c(C(=O)OCC(=O)N(C)Cc2ccccc2)c1C. The van der Waals surface area contributed by atoms with Gasteiger partial charge >= 0.3 is 5.97 Å². The topological polar surface area (TPSA) is 79.5 Å². The molecule has 1 amide bonds. The summed E-state index contributed by atoms with van der Waals surface area (Å²) in [5.74, 6) is -1.07. The molecule has 6 heteroatoms. The molecule has 0 bridgehead atoms. The van der Waals surface area contributed by atoms with Gasteiger partial charge in [-0.3, -0.25) is 9.59 Å². The molecule has 0 radical (unpaired) electrons. The third kappa shape index (κ3) is 4.35. The van der Waals surface area contributed by atoms with Crippen LogP contribution in [0.2, 0.25) is 0 Å². The van der Waals surface area contributed by atoms with Crippen LogP contribution in [-0.4, -0.2) is 41.2 Å². The Morgan fingerprint density at radius 2 is 1.76 bits per heavy atom. The second-order valence-electron chi connectivity index (χ2n) is 5.99. The van der Waals surface area contributed by atoms with Crippen molar-refractivity contribution < 1.29 is 19.1 Å². The van der Waals surface area contributed by atoms with E-state index in [4.69, 9.17) is 4.74 Å². The maximum absolute atomic E-state index is 12.2. The van der Waals surface area contributed by atoms with Gasteiger partial charge in [0.2, 0.25) is 0 Å². The minimum Gasteiger partial charge on any atom is -0.451 e. The van der Waals surface area contributed by atoms with Gasteiger partial charge in [-0.15, -0.1) is 0 Å². The number of H-pyrrole nitrogens is 1. The number of ketones is 1. The standard InChI is InChI=1S/C19H22N2O4/c1-12-17(14(3)22)13(2)20-18(12)19(24)25-11-16(23)21(4)10-15-8-6-5-7-9-15/h5-9,20H,10-11H2,1-4H3. The number of amides is 1. The Hall–Kier alpha value is -2.89. The number of hydrogen-bond acceptors (Lipinski definition) is 4. The Bertz CT molecular complexity index is 793. The van der Waals surface area contributed by atoms with Gasteiger partial charge in [-0.25, -0.2) is 4.79 Å². The van der Waals surface area contributed by atoms with Crippen molar-refractivity contribution in [3.8, 4) is 0 Å². The third-order valence-corrected chi connectivity index (χ3v) is 4.01. The summed E-state index contributed by atoms with van der Waals surface area (Å²) in [5.41, 5.74) is 2.84. The molecule has 2 rings (SSSR count). The highest BCUT2D eigenvalue weighted by atomic mass is 16.5. The van der Waals surface area contributed by atoms with Crippen LogP contribution in [0.1, 0.15) is 44.6 Å². The summed E-state index contributed by atoms with van der Waals surface area (Å²) in [6, 6.07) is 9.55. The second kappa shape index (κ2) is 7.79. The first-order valence-corrected chi connectivity index (χ1v) is 7.96. The van der Waals surface area contributed by atoms with Crippen LogP contribution in [0.15, 0.2) is 30.3 Å². The first-order valence-electron chi connectivity index (χ1n) is 7.96. The van der Waals surface area contributed by atoms with Crippen LogP contribution in [0, 0.1) is 13.8 Å². The quantitative estimate of drug-likeness (QED) is 0.646. The van der Waals surface area contributed by atoms with Crippen molar-refractivity contribution in [2.45, 2.75) is 27.3 Å². The molecule has 6 nitrogen and oxygen atoms in total. The molecule has 0 aliphatic rings. The van der Waals surface area contributed by atoms with Crippen LogP contribution < -0.4 is 0 Å². The maximum atomic E-state index is 12.2. The summed E-state index contributed by atoms with van der Waals surface area (Å²) in [5, 5.41) is 0. The summed E-state index contributed by atoms with van der Waals surface area (Å²) in [6.45, 7) is 4.93. The fraction of sp³-hybridized carbons (Fsp3) is 0.316. The number of aromatic nitrogens is 1. The number of aromatic amines is 1. The molecule has 0 aliphatic carbocycles. The van der Waals surface area contributed by atoms with Crippen LogP contribution in [0.25, 0.3) is 0 Å². The number of hydrogen-bond donors (Lipinski definition) is 1. The molecule has 1 aromatic heterocycles. The number of nitrogens with one attached hydrogen (secondary N) is 1. The molecule has 1 aromatic carbocycles. The molecule has 1 N–H and O–H groups in total. The molecular weight excluding hydrogens is 320 g/mol. The lowest BCUT2D eigenvalue weighted by Crippen LogP contribution is -2.31. The fourth-order valence-electron chi connectivity index (χ4n) is 2.74. The average Bonchev–Trinajstić information content (AvgIpc) is 2.87. The van der Waals surface area contributed by atoms with E-state index in [-0.39, 0.29) is 24.0 Å². The number of benzene rings is 1. The zero-order chi connectivity index (χ0) is 18.6. The maximum Gasteiger partial charge on any atom is 0.355 e. The van der Waals surface area contributed by atoms with E-state index in [0.29, 0.717) is 23.4 Å². The van der Waals surface area contributed by atoms with Gasteiger partial charge in [0.05, 0.1) is 0 Å². The summed E-state index contributed by atoms with van der Waals surface area (Å²) >= 11 is 0. The van der Waals surface area contributed by atoms with E-state index >= 15 is 0 Å². The number of nitrogens with zero attached hydrogens (tertiary/aromatic N) is 1. The highest BCUT2D eigenvalue weighted by Gasteiger charge is 2.22.